The maximum Gasteiger partial charge on any atom is 0.292 e. The Kier molecular flexibility index (Phi) is 5.75. The zero-order chi connectivity index (χ0) is 20.1. The average Bonchev–Trinajstić information content (AvgIpc) is 2.79. The summed E-state index contributed by atoms with van der Waals surface area (Å²) in [5.41, 5.74) is 3.82. The van der Waals surface area contributed by atoms with Gasteiger partial charge in [0.1, 0.15) is 5.69 Å². The molecule has 5 nitrogen and oxygen atoms in total. The average molecular weight is 387 g/mol. The van der Waals surface area contributed by atoms with Gasteiger partial charge in [-0.05, 0) is 42.5 Å². The first kappa shape index (κ1) is 19.0. The topological polar surface area (TPSA) is 58.4 Å². The lowest BCUT2D eigenvalue weighted by Crippen LogP contribution is -2.29. The molecule has 0 saturated carbocycles. The van der Waals surface area contributed by atoms with Gasteiger partial charge in [-0.15, -0.1) is 0 Å². The summed E-state index contributed by atoms with van der Waals surface area (Å²) in [6, 6.07) is 25.4. The van der Waals surface area contributed by atoms with E-state index in [1.807, 2.05) is 72.8 Å². The zero-order valence-electron chi connectivity index (χ0n) is 16.3. The van der Waals surface area contributed by atoms with Crippen molar-refractivity contribution in [1.82, 2.24) is 0 Å². The summed E-state index contributed by atoms with van der Waals surface area (Å²) in [7, 11) is 0. The van der Waals surface area contributed by atoms with Gasteiger partial charge in [-0.2, -0.15) is 0 Å². The lowest BCUT2D eigenvalue weighted by Gasteiger charge is -2.29. The van der Waals surface area contributed by atoms with Crippen molar-refractivity contribution >= 4 is 17.1 Å². The molecule has 1 N–H and O–H groups in total. The Labute approximate surface area is 171 Å². The van der Waals surface area contributed by atoms with Crippen molar-refractivity contribution in [2.24, 2.45) is 0 Å². The summed E-state index contributed by atoms with van der Waals surface area (Å²) >= 11 is 0. The number of anilines is 2. The van der Waals surface area contributed by atoms with Gasteiger partial charge < -0.3 is 10.2 Å². The number of nitrogens with zero attached hydrogens (tertiary/aromatic N) is 2. The third-order valence-corrected chi connectivity index (χ3v) is 5.46. The second kappa shape index (κ2) is 8.78. The number of hydrogen-bond acceptors (Lipinski definition) is 4. The molecule has 1 heterocycles. The van der Waals surface area contributed by atoms with Gasteiger partial charge in [0, 0.05) is 24.8 Å². The Hall–Kier alpha value is -3.34. The first-order chi connectivity index (χ1) is 14.2. The van der Waals surface area contributed by atoms with Crippen LogP contribution in [0.5, 0.6) is 0 Å². The van der Waals surface area contributed by atoms with Crippen LogP contribution in [-0.4, -0.2) is 18.0 Å². The summed E-state index contributed by atoms with van der Waals surface area (Å²) in [5, 5.41) is 15.2. The van der Waals surface area contributed by atoms with Gasteiger partial charge in [0.25, 0.3) is 5.69 Å². The molecule has 148 valence electrons. The largest absolute Gasteiger partial charge is 0.371 e. The van der Waals surface area contributed by atoms with Crippen molar-refractivity contribution < 1.29 is 4.92 Å². The monoisotopic (exact) mass is 387 g/mol. The summed E-state index contributed by atoms with van der Waals surface area (Å²) < 4.78 is 0. The van der Waals surface area contributed by atoms with E-state index in [0.717, 1.165) is 42.7 Å². The molecular formula is C24H25N3O2. The maximum absolute atomic E-state index is 11.7. The highest BCUT2D eigenvalue weighted by molar-refractivity contribution is 5.70. The van der Waals surface area contributed by atoms with Gasteiger partial charge >= 0.3 is 0 Å². The van der Waals surface area contributed by atoms with Crippen LogP contribution < -0.4 is 10.2 Å². The fourth-order valence-electron chi connectivity index (χ4n) is 3.95. The van der Waals surface area contributed by atoms with Crippen molar-refractivity contribution in [3.8, 4) is 0 Å². The van der Waals surface area contributed by atoms with Crippen molar-refractivity contribution in [2.75, 3.05) is 23.3 Å². The summed E-state index contributed by atoms with van der Waals surface area (Å²) in [5.74, 6) is 0. The van der Waals surface area contributed by atoms with E-state index in [9.17, 15) is 10.1 Å². The number of nitro groups is 1. The lowest BCUT2D eigenvalue weighted by atomic mass is 9.98. The normalized spacial score (nSPS) is 14.0. The molecule has 0 aliphatic carbocycles. The third kappa shape index (κ3) is 4.40. The van der Waals surface area contributed by atoms with Crippen LogP contribution in [-0.2, 0) is 0 Å². The van der Waals surface area contributed by atoms with E-state index in [-0.39, 0.29) is 16.7 Å². The van der Waals surface area contributed by atoms with Crippen molar-refractivity contribution in [2.45, 2.75) is 25.3 Å². The fourth-order valence-corrected chi connectivity index (χ4v) is 3.95. The molecule has 1 aliphatic heterocycles. The van der Waals surface area contributed by atoms with E-state index in [2.05, 4.69) is 10.2 Å². The smallest absolute Gasteiger partial charge is 0.292 e. The van der Waals surface area contributed by atoms with Gasteiger partial charge in [-0.25, -0.2) is 0 Å². The number of hydrogen-bond donors (Lipinski definition) is 1. The second-order valence-corrected chi connectivity index (χ2v) is 7.40. The molecule has 0 aromatic heterocycles. The van der Waals surface area contributed by atoms with Crippen LogP contribution in [0.3, 0.4) is 0 Å². The van der Waals surface area contributed by atoms with Gasteiger partial charge in [0.15, 0.2) is 0 Å². The Morgan fingerprint density at radius 2 is 1.41 bits per heavy atom. The molecule has 1 aliphatic rings. The van der Waals surface area contributed by atoms with Crippen LogP contribution in [0, 0.1) is 10.1 Å². The molecule has 3 aromatic rings. The first-order valence-electron chi connectivity index (χ1n) is 10.1. The molecular weight excluding hydrogens is 362 g/mol. The van der Waals surface area contributed by atoms with E-state index in [1.165, 1.54) is 6.42 Å². The molecule has 1 saturated heterocycles. The van der Waals surface area contributed by atoms with E-state index >= 15 is 0 Å². The Morgan fingerprint density at radius 3 is 1.97 bits per heavy atom. The van der Waals surface area contributed by atoms with Crippen molar-refractivity contribution in [3.63, 3.8) is 0 Å². The number of nitro benzene ring substituents is 1. The van der Waals surface area contributed by atoms with Crippen LogP contribution in [0.2, 0.25) is 0 Å². The van der Waals surface area contributed by atoms with Crippen LogP contribution >= 0.6 is 0 Å². The molecule has 4 rings (SSSR count). The summed E-state index contributed by atoms with van der Waals surface area (Å²) in [6.45, 7) is 2.00. The zero-order valence-corrected chi connectivity index (χ0v) is 16.3. The SMILES string of the molecule is O=[N+]([O-])c1ccc(N2CCCCC2)cc1NC(c1ccccc1)c1ccccc1. The predicted molar refractivity (Wildman–Crippen MR) is 118 cm³/mol. The van der Waals surface area contributed by atoms with Crippen LogP contribution in [0.25, 0.3) is 0 Å². The molecule has 5 heteroatoms. The first-order valence-corrected chi connectivity index (χ1v) is 10.1. The molecule has 0 spiro atoms. The van der Waals surface area contributed by atoms with Crippen LogP contribution in [0.4, 0.5) is 17.1 Å². The lowest BCUT2D eigenvalue weighted by molar-refractivity contribution is -0.384. The third-order valence-electron chi connectivity index (χ3n) is 5.46. The Bertz CT molecular complexity index is 915. The van der Waals surface area contributed by atoms with Gasteiger partial charge in [-0.3, -0.25) is 10.1 Å². The van der Waals surface area contributed by atoms with Gasteiger partial charge in [0.05, 0.1) is 11.0 Å². The van der Waals surface area contributed by atoms with E-state index < -0.39 is 0 Å². The highest BCUT2D eigenvalue weighted by Gasteiger charge is 2.22. The molecule has 0 atom stereocenters. The minimum absolute atomic E-state index is 0.0996. The number of nitrogens with one attached hydrogen (secondary N) is 1. The van der Waals surface area contributed by atoms with Gasteiger partial charge in [0.2, 0.25) is 0 Å². The summed E-state index contributed by atoms with van der Waals surface area (Å²) in [6.07, 6.45) is 3.57. The molecule has 29 heavy (non-hydrogen) atoms. The van der Waals surface area contributed by atoms with E-state index in [4.69, 9.17) is 0 Å². The number of benzene rings is 3. The van der Waals surface area contributed by atoms with E-state index in [1.54, 1.807) is 6.07 Å². The minimum atomic E-state index is -0.310. The highest BCUT2D eigenvalue weighted by atomic mass is 16.6. The Balaban J connectivity index is 1.73. The minimum Gasteiger partial charge on any atom is -0.371 e. The second-order valence-electron chi connectivity index (χ2n) is 7.40. The van der Waals surface area contributed by atoms with Crippen LogP contribution in [0.1, 0.15) is 36.4 Å². The number of rotatable bonds is 6. The van der Waals surface area contributed by atoms with Gasteiger partial charge in [-0.1, -0.05) is 60.7 Å². The predicted octanol–water partition coefficient (Wildman–Crippen LogP) is 5.79. The molecule has 0 amide bonds. The molecule has 0 bridgehead atoms. The standard InChI is InChI=1S/C24H25N3O2/c28-27(29)23-15-14-21(26-16-8-3-9-17-26)18-22(23)25-24(19-10-4-1-5-11-19)20-12-6-2-7-13-20/h1-2,4-7,10-15,18,24-25H,3,8-9,16-17H2. The van der Waals surface area contributed by atoms with Crippen molar-refractivity contribution in [3.05, 3.63) is 100 Å². The maximum atomic E-state index is 11.7. The van der Waals surface area contributed by atoms with E-state index in [0.29, 0.717) is 5.69 Å². The molecule has 3 aromatic carbocycles. The van der Waals surface area contributed by atoms with Crippen LogP contribution in [0.15, 0.2) is 78.9 Å². The van der Waals surface area contributed by atoms with Crippen molar-refractivity contribution in [1.29, 1.82) is 0 Å². The highest BCUT2D eigenvalue weighted by Crippen LogP contribution is 2.35. The molecule has 1 fully saturated rings. The molecule has 0 unspecified atom stereocenters. The summed E-state index contributed by atoms with van der Waals surface area (Å²) in [4.78, 5) is 13.7. The molecule has 0 radical (unpaired) electrons. The fraction of sp³-hybridized carbons (Fsp3) is 0.250. The number of piperidine rings is 1. The quantitative estimate of drug-likeness (QED) is 0.430. The Morgan fingerprint density at radius 1 is 0.828 bits per heavy atom.